The molecule has 4 heteroatoms. The highest BCUT2D eigenvalue weighted by molar-refractivity contribution is 5.82. The number of nitriles is 1. The number of hydrogen-bond donors (Lipinski definition) is 1. The third kappa shape index (κ3) is 2.24. The molecule has 0 aliphatic carbocycles. The lowest BCUT2D eigenvalue weighted by atomic mass is 9.89. The van der Waals surface area contributed by atoms with E-state index in [9.17, 15) is 4.79 Å². The Labute approximate surface area is 84.9 Å². The third-order valence-electron chi connectivity index (χ3n) is 2.87. The Hall–Kier alpha value is -1.08. The van der Waals surface area contributed by atoms with E-state index in [4.69, 9.17) is 5.26 Å². The largest absolute Gasteiger partial charge is 0.359 e. The molecule has 0 radical (unpaired) electrons. The van der Waals surface area contributed by atoms with E-state index in [-0.39, 0.29) is 11.3 Å². The van der Waals surface area contributed by atoms with E-state index in [1.54, 1.807) is 7.05 Å². The molecule has 78 valence electrons. The second-order valence-corrected chi connectivity index (χ2v) is 4.07. The molecule has 1 saturated heterocycles. The summed E-state index contributed by atoms with van der Waals surface area (Å²) in [5.74, 6) is 0.108. The van der Waals surface area contributed by atoms with Gasteiger partial charge in [-0.1, -0.05) is 0 Å². The zero-order valence-corrected chi connectivity index (χ0v) is 8.84. The molecule has 1 fully saturated rings. The van der Waals surface area contributed by atoms with E-state index in [0.29, 0.717) is 6.42 Å². The Morgan fingerprint density at radius 1 is 1.71 bits per heavy atom. The van der Waals surface area contributed by atoms with Crippen molar-refractivity contribution >= 4 is 5.91 Å². The number of likely N-dealkylation sites (tertiary alicyclic amines) is 1. The molecule has 0 aromatic heterocycles. The molecule has 0 spiro atoms. The number of carbonyl (C=O) groups is 1. The van der Waals surface area contributed by atoms with Gasteiger partial charge in [0, 0.05) is 26.6 Å². The number of amides is 1. The zero-order chi connectivity index (χ0) is 10.6. The summed E-state index contributed by atoms with van der Waals surface area (Å²) in [4.78, 5) is 13.7. The van der Waals surface area contributed by atoms with Gasteiger partial charge in [0.05, 0.1) is 11.5 Å². The maximum Gasteiger partial charge on any atom is 0.227 e. The van der Waals surface area contributed by atoms with Crippen LogP contribution >= 0.6 is 0 Å². The number of hydrogen-bond acceptors (Lipinski definition) is 3. The van der Waals surface area contributed by atoms with Gasteiger partial charge in [-0.25, -0.2) is 0 Å². The van der Waals surface area contributed by atoms with Crippen LogP contribution in [0.25, 0.3) is 0 Å². The van der Waals surface area contributed by atoms with Gasteiger partial charge in [0.25, 0.3) is 0 Å². The predicted octanol–water partition coefficient (Wildman–Crippen LogP) is 0.358. The van der Waals surface area contributed by atoms with Gasteiger partial charge in [-0.2, -0.15) is 5.26 Å². The van der Waals surface area contributed by atoms with E-state index in [1.807, 2.05) is 6.92 Å². The average Bonchev–Trinajstić information content (AvgIpc) is 2.57. The second-order valence-electron chi connectivity index (χ2n) is 4.07. The first-order valence-corrected chi connectivity index (χ1v) is 4.94. The molecule has 0 aromatic carbocycles. The molecule has 1 aliphatic heterocycles. The molecule has 1 rings (SSSR count). The van der Waals surface area contributed by atoms with Gasteiger partial charge in [-0.05, 0) is 19.9 Å². The minimum absolute atomic E-state index is 0.108. The summed E-state index contributed by atoms with van der Waals surface area (Å²) >= 11 is 0. The Balaban J connectivity index is 2.47. The van der Waals surface area contributed by atoms with Crippen molar-refractivity contribution in [2.45, 2.75) is 19.8 Å². The van der Waals surface area contributed by atoms with Gasteiger partial charge >= 0.3 is 0 Å². The first-order valence-electron chi connectivity index (χ1n) is 4.94. The van der Waals surface area contributed by atoms with Crippen molar-refractivity contribution in [1.82, 2.24) is 10.2 Å². The summed E-state index contributed by atoms with van der Waals surface area (Å²) in [7, 11) is 1.67. The maximum atomic E-state index is 11.6. The quantitative estimate of drug-likeness (QED) is 0.707. The summed E-state index contributed by atoms with van der Waals surface area (Å²) in [6.07, 6.45) is 1.43. The highest BCUT2D eigenvalue weighted by atomic mass is 16.2. The van der Waals surface area contributed by atoms with Crippen LogP contribution in [0.1, 0.15) is 19.8 Å². The van der Waals surface area contributed by atoms with Crippen molar-refractivity contribution in [3.63, 3.8) is 0 Å². The van der Waals surface area contributed by atoms with Crippen LogP contribution in [0, 0.1) is 16.7 Å². The Morgan fingerprint density at radius 2 is 2.43 bits per heavy atom. The number of nitrogens with one attached hydrogen (secondary N) is 1. The summed E-state index contributed by atoms with van der Waals surface area (Å²) in [5.41, 5.74) is -0.260. The van der Waals surface area contributed by atoms with Crippen LogP contribution in [-0.2, 0) is 4.79 Å². The van der Waals surface area contributed by atoms with Crippen LogP contribution in [0.15, 0.2) is 0 Å². The average molecular weight is 195 g/mol. The van der Waals surface area contributed by atoms with Crippen LogP contribution in [0.5, 0.6) is 0 Å². The molecule has 0 saturated carbocycles. The highest BCUT2D eigenvalue weighted by Crippen LogP contribution is 2.29. The van der Waals surface area contributed by atoms with Gasteiger partial charge in [0.2, 0.25) is 5.91 Å². The number of nitrogens with zero attached hydrogens (tertiary/aromatic N) is 2. The van der Waals surface area contributed by atoms with E-state index >= 15 is 0 Å². The number of carbonyl (C=O) groups excluding carboxylic acids is 1. The minimum Gasteiger partial charge on any atom is -0.359 e. The summed E-state index contributed by atoms with van der Waals surface area (Å²) in [5, 5.41) is 11.1. The molecular formula is C10H17N3O. The van der Waals surface area contributed by atoms with Crippen molar-refractivity contribution < 1.29 is 4.79 Å². The second kappa shape index (κ2) is 4.43. The van der Waals surface area contributed by atoms with Crippen LogP contribution in [0.3, 0.4) is 0 Å². The molecule has 1 aliphatic rings. The first kappa shape index (κ1) is 11.0. The number of rotatable bonds is 3. The standard InChI is InChI=1S/C10H17N3O/c1-10(9(14)12-2)4-7-13(8-10)6-3-5-11/h3-4,6-8H2,1-2H3,(H,12,14). The maximum absolute atomic E-state index is 11.6. The van der Waals surface area contributed by atoms with Crippen molar-refractivity contribution in [2.75, 3.05) is 26.7 Å². The van der Waals surface area contributed by atoms with Crippen molar-refractivity contribution in [1.29, 1.82) is 5.26 Å². The van der Waals surface area contributed by atoms with Gasteiger partial charge in [-0.15, -0.1) is 0 Å². The zero-order valence-electron chi connectivity index (χ0n) is 8.84. The molecule has 0 bridgehead atoms. The first-order chi connectivity index (χ1) is 6.62. The van der Waals surface area contributed by atoms with E-state index < -0.39 is 0 Å². The third-order valence-corrected chi connectivity index (χ3v) is 2.87. The van der Waals surface area contributed by atoms with Gasteiger partial charge in [-0.3, -0.25) is 4.79 Å². The fraction of sp³-hybridized carbons (Fsp3) is 0.800. The van der Waals surface area contributed by atoms with Gasteiger partial charge in [0.15, 0.2) is 0 Å². The lowest BCUT2D eigenvalue weighted by molar-refractivity contribution is -0.129. The molecule has 4 nitrogen and oxygen atoms in total. The Morgan fingerprint density at radius 3 is 3.00 bits per heavy atom. The van der Waals surface area contributed by atoms with E-state index in [1.165, 1.54) is 0 Å². The molecule has 14 heavy (non-hydrogen) atoms. The van der Waals surface area contributed by atoms with Gasteiger partial charge < -0.3 is 10.2 Å². The lowest BCUT2D eigenvalue weighted by Crippen LogP contribution is -2.39. The van der Waals surface area contributed by atoms with Crippen LogP contribution < -0.4 is 5.32 Å². The lowest BCUT2D eigenvalue weighted by Gasteiger charge is -2.22. The van der Waals surface area contributed by atoms with E-state index in [2.05, 4.69) is 16.3 Å². The van der Waals surface area contributed by atoms with Crippen LogP contribution in [0.2, 0.25) is 0 Å². The smallest absolute Gasteiger partial charge is 0.227 e. The monoisotopic (exact) mass is 195 g/mol. The summed E-state index contributed by atoms with van der Waals surface area (Å²) < 4.78 is 0. The van der Waals surface area contributed by atoms with Gasteiger partial charge in [0.1, 0.15) is 0 Å². The summed E-state index contributed by atoms with van der Waals surface area (Å²) in [6, 6.07) is 2.12. The normalized spacial score (nSPS) is 27.2. The minimum atomic E-state index is -0.260. The van der Waals surface area contributed by atoms with Crippen LogP contribution in [0.4, 0.5) is 0 Å². The Bertz CT molecular complexity index is 259. The molecule has 1 N–H and O–H groups in total. The van der Waals surface area contributed by atoms with Crippen LogP contribution in [-0.4, -0.2) is 37.5 Å². The molecular weight excluding hydrogens is 178 g/mol. The van der Waals surface area contributed by atoms with Crippen molar-refractivity contribution in [2.24, 2.45) is 5.41 Å². The molecule has 1 amide bonds. The summed E-state index contributed by atoms with van der Waals surface area (Å²) in [6.45, 7) is 4.46. The predicted molar refractivity (Wildman–Crippen MR) is 53.5 cm³/mol. The molecule has 1 unspecified atom stereocenters. The van der Waals surface area contributed by atoms with Crippen molar-refractivity contribution in [3.05, 3.63) is 0 Å². The molecule has 0 aromatic rings. The van der Waals surface area contributed by atoms with E-state index in [0.717, 1.165) is 26.1 Å². The SMILES string of the molecule is CNC(=O)C1(C)CCN(CCC#N)C1. The highest BCUT2D eigenvalue weighted by Gasteiger charge is 2.39. The van der Waals surface area contributed by atoms with Crippen molar-refractivity contribution in [3.8, 4) is 6.07 Å². The fourth-order valence-electron chi connectivity index (χ4n) is 1.94. The molecule has 1 atom stereocenters. The Kier molecular flexibility index (Phi) is 3.48. The molecule has 1 heterocycles. The fourth-order valence-corrected chi connectivity index (χ4v) is 1.94. The topological polar surface area (TPSA) is 56.1 Å².